The molecule has 2 aliphatic rings. The Labute approximate surface area is 150 Å². The van der Waals surface area contributed by atoms with Crippen LogP contribution in [0, 0.1) is 0 Å². The first-order chi connectivity index (χ1) is 12.3. The summed E-state index contributed by atoms with van der Waals surface area (Å²) < 4.78 is 11.0. The highest BCUT2D eigenvalue weighted by Crippen LogP contribution is 2.34. The van der Waals surface area contributed by atoms with Gasteiger partial charge in [0.05, 0.1) is 31.4 Å². The highest BCUT2D eigenvalue weighted by atomic mass is 16.5. The minimum atomic E-state index is 0.353. The molecule has 1 aromatic carbocycles. The number of hydrogen-bond acceptors (Lipinski definition) is 4. The largest absolute Gasteiger partial charge is 0.383 e. The number of hydrogen-bond donors (Lipinski definition) is 3. The van der Waals surface area contributed by atoms with Crippen LogP contribution in [0.5, 0.6) is 0 Å². The van der Waals surface area contributed by atoms with E-state index in [9.17, 15) is 0 Å². The van der Waals surface area contributed by atoms with Gasteiger partial charge in [-0.2, -0.15) is 0 Å². The molecule has 2 fully saturated rings. The van der Waals surface area contributed by atoms with Crippen molar-refractivity contribution < 1.29 is 9.47 Å². The number of fused-ring (bicyclic) bond motifs is 2. The molecule has 2 heterocycles. The van der Waals surface area contributed by atoms with Crippen molar-refractivity contribution in [1.82, 2.24) is 10.6 Å². The zero-order valence-corrected chi connectivity index (χ0v) is 15.3. The van der Waals surface area contributed by atoms with Crippen molar-refractivity contribution >= 4 is 11.6 Å². The van der Waals surface area contributed by atoms with Gasteiger partial charge < -0.3 is 25.4 Å². The van der Waals surface area contributed by atoms with E-state index in [2.05, 4.69) is 47.1 Å². The van der Waals surface area contributed by atoms with E-state index in [0.29, 0.717) is 31.4 Å². The van der Waals surface area contributed by atoms with Crippen molar-refractivity contribution in [2.24, 2.45) is 4.99 Å². The van der Waals surface area contributed by atoms with E-state index in [1.165, 1.54) is 18.4 Å². The molecule has 0 saturated carbocycles. The van der Waals surface area contributed by atoms with Gasteiger partial charge in [-0.3, -0.25) is 0 Å². The predicted molar refractivity (Wildman–Crippen MR) is 101 cm³/mol. The standard InChI is InChI=1S/C19H30N4O2/c1-3-20-19(23-17-12-16-8-9-18(17)25-16)22-13-14-4-6-15(7-5-14)21-10-11-24-2/h4-7,16-18,21H,3,8-13H2,1-2H3,(H2,20,22,23). The van der Waals surface area contributed by atoms with Gasteiger partial charge in [-0.05, 0) is 43.9 Å². The summed E-state index contributed by atoms with van der Waals surface area (Å²) in [4.78, 5) is 4.73. The Morgan fingerprint density at radius 1 is 1.28 bits per heavy atom. The first kappa shape index (κ1) is 18.0. The fourth-order valence-electron chi connectivity index (χ4n) is 3.48. The second kappa shape index (κ2) is 9.06. The molecule has 3 N–H and O–H groups in total. The summed E-state index contributed by atoms with van der Waals surface area (Å²) in [5, 5.41) is 10.2. The van der Waals surface area contributed by atoms with Crippen molar-refractivity contribution in [1.29, 1.82) is 0 Å². The van der Waals surface area contributed by atoms with E-state index in [1.807, 2.05) is 0 Å². The van der Waals surface area contributed by atoms with Crippen molar-refractivity contribution in [2.45, 2.75) is 51.0 Å². The number of benzene rings is 1. The Kier molecular flexibility index (Phi) is 6.53. The second-order valence-corrected chi connectivity index (χ2v) is 6.67. The number of rotatable bonds is 8. The third-order valence-electron chi connectivity index (χ3n) is 4.78. The topological polar surface area (TPSA) is 66.9 Å². The van der Waals surface area contributed by atoms with E-state index in [-0.39, 0.29) is 0 Å². The summed E-state index contributed by atoms with van der Waals surface area (Å²) in [6, 6.07) is 8.80. The molecule has 3 rings (SSSR count). The molecule has 2 bridgehead atoms. The molecule has 25 heavy (non-hydrogen) atoms. The van der Waals surface area contributed by atoms with E-state index in [0.717, 1.165) is 31.2 Å². The van der Waals surface area contributed by atoms with Crippen LogP contribution in [0.2, 0.25) is 0 Å². The van der Waals surface area contributed by atoms with Crippen LogP contribution in [-0.4, -0.2) is 51.0 Å². The van der Waals surface area contributed by atoms with Crippen LogP contribution >= 0.6 is 0 Å². The molecule has 138 valence electrons. The summed E-state index contributed by atoms with van der Waals surface area (Å²) in [6.45, 7) is 5.13. The number of anilines is 1. The fourth-order valence-corrected chi connectivity index (χ4v) is 3.48. The molecule has 3 unspecified atom stereocenters. The Morgan fingerprint density at radius 2 is 2.12 bits per heavy atom. The summed E-state index contributed by atoms with van der Waals surface area (Å²) in [7, 11) is 1.71. The molecule has 0 amide bonds. The smallest absolute Gasteiger partial charge is 0.191 e. The first-order valence-electron chi connectivity index (χ1n) is 9.30. The third-order valence-corrected chi connectivity index (χ3v) is 4.78. The normalized spacial score (nSPS) is 25.2. The van der Waals surface area contributed by atoms with Crippen molar-refractivity contribution in [3.63, 3.8) is 0 Å². The molecule has 2 saturated heterocycles. The zero-order chi connectivity index (χ0) is 17.5. The maximum atomic E-state index is 5.92. The van der Waals surface area contributed by atoms with Crippen LogP contribution in [0.15, 0.2) is 29.3 Å². The molecule has 3 atom stereocenters. The average Bonchev–Trinajstić information content (AvgIpc) is 3.24. The molecule has 0 aromatic heterocycles. The molecule has 6 heteroatoms. The summed E-state index contributed by atoms with van der Waals surface area (Å²) in [5.74, 6) is 0.881. The van der Waals surface area contributed by atoms with Crippen LogP contribution in [0.4, 0.5) is 5.69 Å². The van der Waals surface area contributed by atoms with Gasteiger partial charge in [0.25, 0.3) is 0 Å². The fraction of sp³-hybridized carbons (Fsp3) is 0.632. The minimum Gasteiger partial charge on any atom is -0.383 e. The van der Waals surface area contributed by atoms with Gasteiger partial charge in [-0.25, -0.2) is 4.99 Å². The highest BCUT2D eigenvalue weighted by Gasteiger charge is 2.41. The van der Waals surface area contributed by atoms with Crippen LogP contribution in [0.1, 0.15) is 31.7 Å². The minimum absolute atomic E-state index is 0.353. The van der Waals surface area contributed by atoms with E-state index >= 15 is 0 Å². The van der Waals surface area contributed by atoms with Crippen LogP contribution in [0.3, 0.4) is 0 Å². The van der Waals surface area contributed by atoms with Crippen LogP contribution < -0.4 is 16.0 Å². The number of guanidine groups is 1. The lowest BCUT2D eigenvalue weighted by atomic mass is 9.96. The number of ether oxygens (including phenoxy) is 2. The number of aliphatic imine (C=N–C) groups is 1. The molecule has 6 nitrogen and oxygen atoms in total. The van der Waals surface area contributed by atoms with Gasteiger partial charge >= 0.3 is 0 Å². The molecular weight excluding hydrogens is 316 g/mol. The van der Waals surface area contributed by atoms with Crippen molar-refractivity contribution in [2.75, 3.05) is 32.1 Å². The Hall–Kier alpha value is -1.79. The first-order valence-corrected chi connectivity index (χ1v) is 9.30. The summed E-state index contributed by atoms with van der Waals surface area (Å²) in [5.41, 5.74) is 2.30. The van der Waals surface area contributed by atoms with Gasteiger partial charge in [0.1, 0.15) is 0 Å². The van der Waals surface area contributed by atoms with Gasteiger partial charge in [0.15, 0.2) is 5.96 Å². The molecule has 0 aliphatic carbocycles. The monoisotopic (exact) mass is 346 g/mol. The lowest BCUT2D eigenvalue weighted by Gasteiger charge is -2.22. The predicted octanol–water partition coefficient (Wildman–Crippen LogP) is 2.12. The Balaban J connectivity index is 1.52. The molecule has 1 aromatic rings. The van der Waals surface area contributed by atoms with Gasteiger partial charge in [0.2, 0.25) is 0 Å². The summed E-state index contributed by atoms with van der Waals surface area (Å²) >= 11 is 0. The Morgan fingerprint density at radius 3 is 2.76 bits per heavy atom. The summed E-state index contributed by atoms with van der Waals surface area (Å²) in [6.07, 6.45) is 4.27. The van der Waals surface area contributed by atoms with Gasteiger partial charge in [-0.15, -0.1) is 0 Å². The van der Waals surface area contributed by atoms with Gasteiger partial charge in [-0.1, -0.05) is 12.1 Å². The second-order valence-electron chi connectivity index (χ2n) is 6.67. The maximum absolute atomic E-state index is 5.92. The van der Waals surface area contributed by atoms with Crippen molar-refractivity contribution in [3.8, 4) is 0 Å². The van der Waals surface area contributed by atoms with E-state index in [1.54, 1.807) is 7.11 Å². The van der Waals surface area contributed by atoms with Gasteiger partial charge in [0, 0.05) is 25.9 Å². The highest BCUT2D eigenvalue weighted by molar-refractivity contribution is 5.80. The number of methoxy groups -OCH3 is 1. The third kappa shape index (κ3) is 5.09. The van der Waals surface area contributed by atoms with Crippen molar-refractivity contribution in [3.05, 3.63) is 29.8 Å². The molecule has 2 aliphatic heterocycles. The number of nitrogens with zero attached hydrogens (tertiary/aromatic N) is 1. The molecule has 0 radical (unpaired) electrons. The van der Waals surface area contributed by atoms with Crippen LogP contribution in [0.25, 0.3) is 0 Å². The molecule has 0 spiro atoms. The maximum Gasteiger partial charge on any atom is 0.191 e. The lowest BCUT2D eigenvalue weighted by Crippen LogP contribution is -2.47. The van der Waals surface area contributed by atoms with Crippen LogP contribution in [-0.2, 0) is 16.0 Å². The zero-order valence-electron chi connectivity index (χ0n) is 15.3. The van der Waals surface area contributed by atoms with E-state index < -0.39 is 0 Å². The quantitative estimate of drug-likeness (QED) is 0.382. The molecular formula is C19H30N4O2. The lowest BCUT2D eigenvalue weighted by molar-refractivity contribution is 0.0992. The Bertz CT molecular complexity index is 561. The van der Waals surface area contributed by atoms with E-state index in [4.69, 9.17) is 14.5 Å². The average molecular weight is 346 g/mol. The number of nitrogens with one attached hydrogen (secondary N) is 3. The SMILES string of the molecule is CCNC(=NCc1ccc(NCCOC)cc1)NC1CC2CCC1O2.